The normalized spacial score (nSPS) is 20.3. The SMILES string of the molecule is CCCCC(c1cccc(C)c1C1CO1)S(=O)(=O)O. The topological polar surface area (TPSA) is 66.9 Å². The second-order valence-electron chi connectivity index (χ2n) is 5.05. The fraction of sp³-hybridized carbons (Fsp3) is 0.571. The van der Waals surface area contributed by atoms with Gasteiger partial charge in [-0.25, -0.2) is 0 Å². The van der Waals surface area contributed by atoms with Gasteiger partial charge >= 0.3 is 0 Å². The Balaban J connectivity index is 2.44. The van der Waals surface area contributed by atoms with Gasteiger partial charge in [-0.05, 0) is 30.0 Å². The lowest BCUT2D eigenvalue weighted by Gasteiger charge is -2.18. The maximum atomic E-state index is 11.7. The first kappa shape index (κ1) is 14.5. The molecule has 0 aromatic heterocycles. The van der Waals surface area contributed by atoms with Gasteiger partial charge in [-0.3, -0.25) is 4.55 Å². The van der Waals surface area contributed by atoms with Gasteiger partial charge in [0.2, 0.25) is 0 Å². The average molecular weight is 284 g/mol. The third-order valence-electron chi connectivity index (χ3n) is 3.54. The molecule has 2 rings (SSSR count). The van der Waals surface area contributed by atoms with Crippen molar-refractivity contribution >= 4 is 10.1 Å². The molecule has 1 saturated heterocycles. The van der Waals surface area contributed by atoms with E-state index < -0.39 is 15.4 Å². The molecule has 2 atom stereocenters. The van der Waals surface area contributed by atoms with Crippen LogP contribution >= 0.6 is 0 Å². The van der Waals surface area contributed by atoms with Crippen LogP contribution in [0.3, 0.4) is 0 Å². The maximum absolute atomic E-state index is 11.7. The minimum atomic E-state index is -4.09. The first-order chi connectivity index (χ1) is 8.95. The number of aryl methyl sites for hydroxylation is 1. The number of unbranched alkanes of at least 4 members (excludes halogenated alkanes) is 1. The van der Waals surface area contributed by atoms with E-state index in [1.165, 1.54) is 0 Å². The van der Waals surface area contributed by atoms with E-state index in [2.05, 4.69) is 0 Å². The summed E-state index contributed by atoms with van der Waals surface area (Å²) in [6, 6.07) is 5.57. The van der Waals surface area contributed by atoms with Crippen molar-refractivity contribution in [2.24, 2.45) is 0 Å². The van der Waals surface area contributed by atoms with Gasteiger partial charge in [-0.1, -0.05) is 38.0 Å². The molecule has 0 bridgehead atoms. The van der Waals surface area contributed by atoms with Crippen LogP contribution in [0, 0.1) is 6.92 Å². The Labute approximate surface area is 114 Å². The van der Waals surface area contributed by atoms with E-state index >= 15 is 0 Å². The second-order valence-corrected chi connectivity index (χ2v) is 6.64. The van der Waals surface area contributed by atoms with E-state index in [4.69, 9.17) is 4.74 Å². The van der Waals surface area contributed by atoms with Crippen LogP contribution in [0.15, 0.2) is 18.2 Å². The van der Waals surface area contributed by atoms with Gasteiger partial charge in [0.15, 0.2) is 0 Å². The average Bonchev–Trinajstić information content (AvgIpc) is 3.12. The molecule has 1 heterocycles. The highest BCUT2D eigenvalue weighted by Crippen LogP contribution is 2.40. The molecule has 1 N–H and O–H groups in total. The summed E-state index contributed by atoms with van der Waals surface area (Å²) in [5.74, 6) is 0. The van der Waals surface area contributed by atoms with Crippen molar-refractivity contribution in [3.8, 4) is 0 Å². The molecule has 0 spiro atoms. The first-order valence-electron chi connectivity index (χ1n) is 6.62. The maximum Gasteiger partial charge on any atom is 0.272 e. The van der Waals surface area contributed by atoms with Gasteiger partial charge in [-0.15, -0.1) is 0 Å². The molecule has 1 aliphatic heterocycles. The van der Waals surface area contributed by atoms with Gasteiger partial charge in [0, 0.05) is 0 Å². The lowest BCUT2D eigenvalue weighted by Crippen LogP contribution is -2.15. The van der Waals surface area contributed by atoms with Crippen LogP contribution in [0.25, 0.3) is 0 Å². The zero-order chi connectivity index (χ0) is 14.0. The summed E-state index contributed by atoms with van der Waals surface area (Å²) in [4.78, 5) is 0. The molecule has 0 radical (unpaired) electrons. The van der Waals surface area contributed by atoms with Crippen molar-refractivity contribution < 1.29 is 17.7 Å². The van der Waals surface area contributed by atoms with Crippen molar-refractivity contribution in [1.29, 1.82) is 0 Å². The standard InChI is InChI=1S/C14H20O4S/c1-3-4-8-13(19(15,16)17)11-7-5-6-10(2)14(11)12-9-18-12/h5-7,12-13H,3-4,8-9H2,1-2H3,(H,15,16,17). The van der Waals surface area contributed by atoms with E-state index in [1.54, 1.807) is 6.07 Å². The molecule has 1 aliphatic rings. The molecular formula is C14H20O4S. The highest BCUT2D eigenvalue weighted by Gasteiger charge is 2.34. The summed E-state index contributed by atoms with van der Waals surface area (Å²) in [6.45, 7) is 4.58. The lowest BCUT2D eigenvalue weighted by molar-refractivity contribution is 0.412. The van der Waals surface area contributed by atoms with Gasteiger partial charge in [0.1, 0.15) is 11.4 Å². The summed E-state index contributed by atoms with van der Waals surface area (Å²) in [6.07, 6.45) is 2.09. The first-order valence-corrected chi connectivity index (χ1v) is 8.12. The Morgan fingerprint density at radius 2 is 2.16 bits per heavy atom. The highest BCUT2D eigenvalue weighted by atomic mass is 32.2. The van der Waals surface area contributed by atoms with Crippen LogP contribution in [0.4, 0.5) is 0 Å². The summed E-state index contributed by atoms with van der Waals surface area (Å²) in [7, 11) is -4.09. The highest BCUT2D eigenvalue weighted by molar-refractivity contribution is 7.86. The minimum absolute atomic E-state index is 0.0120. The smallest absolute Gasteiger partial charge is 0.272 e. The van der Waals surface area contributed by atoms with E-state index in [9.17, 15) is 13.0 Å². The lowest BCUT2D eigenvalue weighted by atomic mass is 9.95. The number of benzene rings is 1. The second kappa shape index (κ2) is 5.61. The molecule has 0 aliphatic carbocycles. The number of hydrogen-bond donors (Lipinski definition) is 1. The molecule has 1 aromatic rings. The van der Waals surface area contributed by atoms with Crippen molar-refractivity contribution in [1.82, 2.24) is 0 Å². The zero-order valence-corrected chi connectivity index (χ0v) is 12.1. The van der Waals surface area contributed by atoms with Crippen LogP contribution in [0.5, 0.6) is 0 Å². The van der Waals surface area contributed by atoms with E-state index in [1.807, 2.05) is 26.0 Å². The molecule has 1 fully saturated rings. The molecule has 106 valence electrons. The van der Waals surface area contributed by atoms with Crippen LogP contribution < -0.4 is 0 Å². The Hall–Kier alpha value is -0.910. The fourth-order valence-corrected chi connectivity index (χ4v) is 3.48. The van der Waals surface area contributed by atoms with Crippen molar-refractivity contribution in [3.63, 3.8) is 0 Å². The molecule has 0 saturated carbocycles. The molecule has 19 heavy (non-hydrogen) atoms. The van der Waals surface area contributed by atoms with Crippen molar-refractivity contribution in [2.45, 2.75) is 44.5 Å². The number of rotatable bonds is 6. The molecule has 4 nitrogen and oxygen atoms in total. The van der Waals surface area contributed by atoms with Crippen molar-refractivity contribution in [2.75, 3.05) is 6.61 Å². The van der Waals surface area contributed by atoms with Crippen LogP contribution in [0.2, 0.25) is 0 Å². The van der Waals surface area contributed by atoms with Crippen LogP contribution in [-0.2, 0) is 14.9 Å². The van der Waals surface area contributed by atoms with Gasteiger partial charge in [0.25, 0.3) is 10.1 Å². The quantitative estimate of drug-likeness (QED) is 0.643. The number of hydrogen-bond acceptors (Lipinski definition) is 3. The fourth-order valence-electron chi connectivity index (χ4n) is 2.49. The third-order valence-corrected chi connectivity index (χ3v) is 4.75. The summed E-state index contributed by atoms with van der Waals surface area (Å²) in [5, 5.41) is -0.841. The number of epoxide rings is 1. The van der Waals surface area contributed by atoms with E-state index in [-0.39, 0.29) is 6.10 Å². The largest absolute Gasteiger partial charge is 0.368 e. The molecule has 5 heteroatoms. The van der Waals surface area contributed by atoms with E-state index in [0.717, 1.165) is 24.0 Å². The number of ether oxygens (including phenoxy) is 1. The Morgan fingerprint density at radius 1 is 1.47 bits per heavy atom. The Kier molecular flexibility index (Phi) is 4.28. The predicted molar refractivity (Wildman–Crippen MR) is 73.7 cm³/mol. The van der Waals surface area contributed by atoms with Gasteiger partial charge in [0.05, 0.1) is 6.61 Å². The van der Waals surface area contributed by atoms with Crippen molar-refractivity contribution in [3.05, 3.63) is 34.9 Å². The van der Waals surface area contributed by atoms with Crippen LogP contribution in [0.1, 0.15) is 54.2 Å². The molecule has 1 aromatic carbocycles. The van der Waals surface area contributed by atoms with Gasteiger partial charge < -0.3 is 4.74 Å². The Bertz CT molecular complexity index is 547. The summed E-state index contributed by atoms with van der Waals surface area (Å²) < 4.78 is 38.1. The Morgan fingerprint density at radius 3 is 2.68 bits per heavy atom. The minimum Gasteiger partial charge on any atom is -0.368 e. The van der Waals surface area contributed by atoms with Crippen LogP contribution in [-0.4, -0.2) is 19.6 Å². The molecule has 0 amide bonds. The summed E-state index contributed by atoms with van der Waals surface area (Å²) >= 11 is 0. The van der Waals surface area contributed by atoms with E-state index in [0.29, 0.717) is 18.6 Å². The predicted octanol–water partition coefficient (Wildman–Crippen LogP) is 3.19. The zero-order valence-electron chi connectivity index (χ0n) is 11.3. The third kappa shape index (κ3) is 3.35. The molecular weight excluding hydrogens is 264 g/mol. The molecule has 2 unspecified atom stereocenters. The summed E-state index contributed by atoms with van der Waals surface area (Å²) in [5.41, 5.74) is 2.64. The monoisotopic (exact) mass is 284 g/mol. The van der Waals surface area contributed by atoms with Gasteiger partial charge in [-0.2, -0.15) is 8.42 Å².